The summed E-state index contributed by atoms with van der Waals surface area (Å²) < 4.78 is 0. The number of carbonyl (C=O) groups excluding carboxylic acids is 1. The molecule has 2 aliphatic carbocycles. The number of carbonyl (C=O) groups is 1. The molecule has 2 saturated carbocycles. The third-order valence-corrected chi connectivity index (χ3v) is 6.16. The van der Waals surface area contributed by atoms with Gasteiger partial charge in [0.1, 0.15) is 5.38 Å². The largest absolute Gasteiger partial charge is 0.356 e. The number of hydrogen-bond acceptors (Lipinski definition) is 2. The average Bonchev–Trinajstić information content (AvgIpc) is 3.27. The molecule has 2 aromatic carbocycles. The maximum atomic E-state index is 12.5. The molecular weight excluding hydrogens is 332 g/mol. The lowest BCUT2D eigenvalue weighted by Crippen LogP contribution is -2.33. The number of amides is 1. The quantitative estimate of drug-likeness (QED) is 0.704. The van der Waals surface area contributed by atoms with Gasteiger partial charge in [0, 0.05) is 17.1 Å². The topological polar surface area (TPSA) is 41.1 Å². The molecule has 2 bridgehead atoms. The minimum absolute atomic E-state index is 0.0667. The highest BCUT2D eigenvalue weighted by Gasteiger charge is 2.44. The predicted molar refractivity (Wildman–Crippen MR) is 103 cm³/mol. The van der Waals surface area contributed by atoms with Gasteiger partial charge in [-0.3, -0.25) is 4.79 Å². The number of alkyl halides is 1. The number of hydrogen-bond donors (Lipinski definition) is 2. The summed E-state index contributed by atoms with van der Waals surface area (Å²) in [6.45, 7) is 0. The van der Waals surface area contributed by atoms with Gasteiger partial charge in [0.15, 0.2) is 0 Å². The Morgan fingerprint density at radius 2 is 1.60 bits per heavy atom. The van der Waals surface area contributed by atoms with Crippen molar-refractivity contribution in [1.29, 1.82) is 0 Å². The van der Waals surface area contributed by atoms with Crippen LogP contribution in [0.15, 0.2) is 54.6 Å². The van der Waals surface area contributed by atoms with Crippen molar-refractivity contribution < 1.29 is 4.79 Å². The van der Waals surface area contributed by atoms with Crippen LogP contribution < -0.4 is 10.6 Å². The Bertz CT molecular complexity index is 731. The van der Waals surface area contributed by atoms with Crippen LogP contribution in [0.1, 0.15) is 25.7 Å². The van der Waals surface area contributed by atoms with E-state index in [1.54, 1.807) is 0 Å². The lowest BCUT2D eigenvalue weighted by atomic mass is 9.86. The molecule has 1 amide bonds. The minimum Gasteiger partial charge on any atom is -0.356 e. The van der Waals surface area contributed by atoms with Crippen LogP contribution in [0.25, 0.3) is 0 Å². The maximum Gasteiger partial charge on any atom is 0.242 e. The molecule has 4 heteroatoms. The van der Waals surface area contributed by atoms with Crippen molar-refractivity contribution >= 4 is 34.6 Å². The fraction of sp³-hybridized carbons (Fsp3) is 0.381. The Balaban J connectivity index is 1.35. The van der Waals surface area contributed by atoms with Crippen molar-refractivity contribution in [2.45, 2.75) is 31.1 Å². The summed E-state index contributed by atoms with van der Waals surface area (Å²) in [4.78, 5) is 12.5. The molecule has 130 valence electrons. The summed E-state index contributed by atoms with van der Waals surface area (Å²) in [5, 5.41) is 5.88. The van der Waals surface area contributed by atoms with E-state index in [1.165, 1.54) is 19.3 Å². The van der Waals surface area contributed by atoms with Gasteiger partial charge in [-0.05, 0) is 73.4 Å². The first-order valence-electron chi connectivity index (χ1n) is 9.06. The molecule has 2 fully saturated rings. The Morgan fingerprint density at radius 3 is 2.24 bits per heavy atom. The molecule has 4 rings (SSSR count). The molecule has 0 aromatic heterocycles. The minimum atomic E-state index is -0.419. The second kappa shape index (κ2) is 7.09. The molecule has 0 spiro atoms. The number of benzene rings is 2. The van der Waals surface area contributed by atoms with Crippen LogP contribution in [0.4, 0.5) is 17.1 Å². The van der Waals surface area contributed by atoms with E-state index >= 15 is 0 Å². The zero-order valence-electron chi connectivity index (χ0n) is 14.1. The van der Waals surface area contributed by atoms with E-state index in [0.717, 1.165) is 29.4 Å². The third-order valence-electron chi connectivity index (χ3n) is 5.63. The van der Waals surface area contributed by atoms with Gasteiger partial charge in [0.25, 0.3) is 0 Å². The van der Waals surface area contributed by atoms with Crippen molar-refractivity contribution in [2.75, 3.05) is 10.6 Å². The number of anilines is 3. The molecule has 3 nitrogen and oxygen atoms in total. The van der Waals surface area contributed by atoms with Gasteiger partial charge < -0.3 is 10.6 Å². The van der Waals surface area contributed by atoms with Crippen molar-refractivity contribution in [1.82, 2.24) is 0 Å². The summed E-state index contributed by atoms with van der Waals surface area (Å²) in [5.41, 5.74) is 2.81. The predicted octanol–water partition coefficient (Wildman–Crippen LogP) is 5.41. The third kappa shape index (κ3) is 3.67. The Labute approximate surface area is 153 Å². The number of rotatable bonds is 5. The van der Waals surface area contributed by atoms with Crippen LogP contribution in [0.2, 0.25) is 0 Å². The maximum absolute atomic E-state index is 12.5. The molecule has 4 atom stereocenters. The second-order valence-electron chi connectivity index (χ2n) is 7.30. The summed E-state index contributed by atoms with van der Waals surface area (Å²) in [6, 6.07) is 17.8. The standard InChI is InChI=1S/C21H23ClN2O/c22-20(19-13-14-6-7-15(19)12-14)21(25)24-18-10-8-17(9-11-18)23-16-4-2-1-3-5-16/h1-5,8-11,14-15,19-20,23H,6-7,12-13H2,(H,24,25). The number of para-hydroxylation sites is 1. The van der Waals surface area contributed by atoms with Crippen LogP contribution in [-0.4, -0.2) is 11.3 Å². The highest BCUT2D eigenvalue weighted by molar-refractivity contribution is 6.32. The van der Waals surface area contributed by atoms with Crippen molar-refractivity contribution in [3.8, 4) is 0 Å². The zero-order valence-corrected chi connectivity index (χ0v) is 14.9. The van der Waals surface area contributed by atoms with Crippen LogP contribution >= 0.6 is 11.6 Å². The smallest absolute Gasteiger partial charge is 0.242 e. The summed E-state index contributed by atoms with van der Waals surface area (Å²) in [6.07, 6.45) is 4.95. The van der Waals surface area contributed by atoms with Gasteiger partial charge >= 0.3 is 0 Å². The SMILES string of the molecule is O=C(Nc1ccc(Nc2ccccc2)cc1)C(Cl)C1CC2CCC1C2. The van der Waals surface area contributed by atoms with Gasteiger partial charge in [0.2, 0.25) is 5.91 Å². The summed E-state index contributed by atoms with van der Waals surface area (Å²) >= 11 is 6.50. The van der Waals surface area contributed by atoms with Crippen LogP contribution in [-0.2, 0) is 4.79 Å². The number of fused-ring (bicyclic) bond motifs is 2. The van der Waals surface area contributed by atoms with Crippen molar-refractivity contribution in [2.24, 2.45) is 17.8 Å². The fourth-order valence-electron chi connectivity index (χ4n) is 4.38. The Morgan fingerprint density at radius 1 is 0.920 bits per heavy atom. The Hall–Kier alpha value is -2.00. The van der Waals surface area contributed by atoms with E-state index in [2.05, 4.69) is 10.6 Å². The molecule has 2 aromatic rings. The van der Waals surface area contributed by atoms with Crippen molar-refractivity contribution in [3.63, 3.8) is 0 Å². The van der Waals surface area contributed by atoms with Crippen molar-refractivity contribution in [3.05, 3.63) is 54.6 Å². The number of halogens is 1. The molecule has 0 radical (unpaired) electrons. The molecule has 25 heavy (non-hydrogen) atoms. The molecule has 2 N–H and O–H groups in total. The molecule has 0 saturated heterocycles. The van der Waals surface area contributed by atoms with E-state index in [1.807, 2.05) is 54.6 Å². The second-order valence-corrected chi connectivity index (χ2v) is 7.77. The summed E-state index contributed by atoms with van der Waals surface area (Å²) in [5.74, 6) is 1.73. The molecular formula is C21H23ClN2O. The van der Waals surface area contributed by atoms with Crippen LogP contribution in [0.3, 0.4) is 0 Å². The molecule has 0 aliphatic heterocycles. The molecule has 0 heterocycles. The highest BCUT2D eigenvalue weighted by Crippen LogP contribution is 2.50. The van der Waals surface area contributed by atoms with Gasteiger partial charge in [-0.15, -0.1) is 11.6 Å². The van der Waals surface area contributed by atoms with Gasteiger partial charge in [-0.1, -0.05) is 24.6 Å². The van der Waals surface area contributed by atoms with E-state index in [9.17, 15) is 4.79 Å². The zero-order chi connectivity index (χ0) is 17.2. The Kier molecular flexibility index (Phi) is 4.67. The fourth-order valence-corrected chi connectivity index (χ4v) is 4.75. The van der Waals surface area contributed by atoms with Gasteiger partial charge in [0.05, 0.1) is 0 Å². The van der Waals surface area contributed by atoms with E-state index in [0.29, 0.717) is 11.8 Å². The number of nitrogens with one attached hydrogen (secondary N) is 2. The van der Waals surface area contributed by atoms with Gasteiger partial charge in [-0.25, -0.2) is 0 Å². The molecule has 2 aliphatic rings. The first-order chi connectivity index (χ1) is 12.2. The van der Waals surface area contributed by atoms with Crippen LogP contribution in [0, 0.1) is 17.8 Å². The summed E-state index contributed by atoms with van der Waals surface area (Å²) in [7, 11) is 0. The highest BCUT2D eigenvalue weighted by atomic mass is 35.5. The first-order valence-corrected chi connectivity index (χ1v) is 9.50. The average molecular weight is 355 g/mol. The molecule has 4 unspecified atom stereocenters. The first kappa shape index (κ1) is 16.5. The monoisotopic (exact) mass is 354 g/mol. The van der Waals surface area contributed by atoms with Crippen LogP contribution in [0.5, 0.6) is 0 Å². The lowest BCUT2D eigenvalue weighted by Gasteiger charge is -2.25. The van der Waals surface area contributed by atoms with E-state index < -0.39 is 5.38 Å². The lowest BCUT2D eigenvalue weighted by molar-refractivity contribution is -0.117. The van der Waals surface area contributed by atoms with Gasteiger partial charge in [-0.2, -0.15) is 0 Å². The normalized spacial score (nSPS) is 25.6. The van der Waals surface area contributed by atoms with E-state index in [4.69, 9.17) is 11.6 Å². The van der Waals surface area contributed by atoms with E-state index in [-0.39, 0.29) is 5.91 Å².